The first-order chi connectivity index (χ1) is 9.21. The van der Waals surface area contributed by atoms with Gasteiger partial charge in [-0.1, -0.05) is 0 Å². The smallest absolute Gasteiger partial charge is 0.256 e. The number of primary sulfonamides is 1. The van der Waals surface area contributed by atoms with E-state index in [1.165, 1.54) is 11.9 Å². The number of nitrogens with two attached hydrogens (primary N) is 1. The fourth-order valence-corrected chi connectivity index (χ4v) is 2.69. The fraction of sp³-hybridized carbons (Fsp3) is 0.417. The van der Waals surface area contributed by atoms with Crippen molar-refractivity contribution in [2.24, 2.45) is 5.14 Å². The van der Waals surface area contributed by atoms with Gasteiger partial charge in [-0.3, -0.25) is 4.79 Å². The average molecular weight is 304 g/mol. The van der Waals surface area contributed by atoms with E-state index in [1.807, 2.05) is 0 Å². The fourth-order valence-electron chi connectivity index (χ4n) is 2.06. The molecule has 0 spiro atoms. The van der Waals surface area contributed by atoms with Crippen LogP contribution < -0.4 is 5.14 Å². The van der Waals surface area contributed by atoms with E-state index < -0.39 is 38.0 Å². The Hall–Kier alpha value is -1.54. The third-order valence-electron chi connectivity index (χ3n) is 3.48. The van der Waals surface area contributed by atoms with Crippen molar-refractivity contribution in [1.82, 2.24) is 4.90 Å². The highest BCUT2D eigenvalue weighted by molar-refractivity contribution is 7.89. The standard InChI is InChI=1S/C12H14F2N2O3S/c1-16(8-3-2-4-8)12(17)9-5-7(13)6-10(11(9)14)20(15,18)19/h5-6,8H,2-4H2,1H3,(H2,15,18,19). The van der Waals surface area contributed by atoms with Gasteiger partial charge in [-0.2, -0.15) is 0 Å². The lowest BCUT2D eigenvalue weighted by molar-refractivity contribution is 0.0646. The van der Waals surface area contributed by atoms with Gasteiger partial charge in [0.05, 0.1) is 5.56 Å². The molecule has 0 aliphatic heterocycles. The van der Waals surface area contributed by atoms with Gasteiger partial charge in [-0.15, -0.1) is 0 Å². The molecule has 1 aromatic carbocycles. The Morgan fingerprint density at radius 1 is 1.35 bits per heavy atom. The highest BCUT2D eigenvalue weighted by atomic mass is 32.2. The molecule has 1 aromatic rings. The summed E-state index contributed by atoms with van der Waals surface area (Å²) < 4.78 is 49.9. The maximum Gasteiger partial charge on any atom is 0.256 e. The van der Waals surface area contributed by atoms with E-state index in [0.29, 0.717) is 12.1 Å². The van der Waals surface area contributed by atoms with Crippen molar-refractivity contribution in [3.63, 3.8) is 0 Å². The van der Waals surface area contributed by atoms with E-state index in [-0.39, 0.29) is 6.04 Å². The van der Waals surface area contributed by atoms with Crippen LogP contribution >= 0.6 is 0 Å². The normalized spacial score (nSPS) is 15.8. The Morgan fingerprint density at radius 3 is 2.40 bits per heavy atom. The van der Waals surface area contributed by atoms with Gasteiger partial charge < -0.3 is 4.90 Å². The second-order valence-corrected chi connectivity index (χ2v) is 6.34. The molecular weight excluding hydrogens is 290 g/mol. The van der Waals surface area contributed by atoms with Crippen LogP contribution in [0.3, 0.4) is 0 Å². The van der Waals surface area contributed by atoms with Crippen molar-refractivity contribution < 1.29 is 22.0 Å². The van der Waals surface area contributed by atoms with Gasteiger partial charge in [-0.25, -0.2) is 22.3 Å². The van der Waals surface area contributed by atoms with Gasteiger partial charge >= 0.3 is 0 Å². The molecule has 1 aliphatic rings. The zero-order valence-corrected chi connectivity index (χ0v) is 11.6. The summed E-state index contributed by atoms with van der Waals surface area (Å²) in [5.74, 6) is -3.09. The van der Waals surface area contributed by atoms with Crippen molar-refractivity contribution in [1.29, 1.82) is 0 Å². The molecule has 1 aliphatic carbocycles. The Balaban J connectivity index is 2.46. The van der Waals surface area contributed by atoms with Gasteiger partial charge in [0, 0.05) is 13.1 Å². The number of carbonyl (C=O) groups is 1. The van der Waals surface area contributed by atoms with Gasteiger partial charge in [0.1, 0.15) is 10.7 Å². The van der Waals surface area contributed by atoms with Crippen molar-refractivity contribution in [3.8, 4) is 0 Å². The monoisotopic (exact) mass is 304 g/mol. The lowest BCUT2D eigenvalue weighted by atomic mass is 9.91. The first-order valence-electron chi connectivity index (χ1n) is 6.01. The summed E-state index contributed by atoms with van der Waals surface area (Å²) >= 11 is 0. The highest BCUT2D eigenvalue weighted by Crippen LogP contribution is 2.27. The predicted molar refractivity (Wildman–Crippen MR) is 67.5 cm³/mol. The van der Waals surface area contributed by atoms with E-state index in [9.17, 15) is 22.0 Å². The second kappa shape index (κ2) is 5.10. The molecule has 0 atom stereocenters. The summed E-state index contributed by atoms with van der Waals surface area (Å²) in [6.07, 6.45) is 2.55. The Bertz CT molecular complexity index is 657. The minimum atomic E-state index is -4.44. The van der Waals surface area contributed by atoms with Crippen LogP contribution in [0.1, 0.15) is 29.6 Å². The zero-order valence-electron chi connectivity index (χ0n) is 10.8. The van der Waals surface area contributed by atoms with Crippen LogP contribution in [-0.2, 0) is 10.0 Å². The average Bonchev–Trinajstić information content (AvgIpc) is 2.27. The van der Waals surface area contributed by atoms with E-state index in [4.69, 9.17) is 5.14 Å². The molecule has 0 bridgehead atoms. The number of benzene rings is 1. The molecule has 2 N–H and O–H groups in total. The first-order valence-corrected chi connectivity index (χ1v) is 7.55. The number of halogens is 2. The molecule has 5 nitrogen and oxygen atoms in total. The summed E-state index contributed by atoms with van der Waals surface area (Å²) in [7, 11) is -2.96. The number of amides is 1. The molecule has 110 valence electrons. The van der Waals surface area contributed by atoms with E-state index in [2.05, 4.69) is 0 Å². The molecule has 1 amide bonds. The molecule has 0 heterocycles. The highest BCUT2D eigenvalue weighted by Gasteiger charge is 2.30. The van der Waals surface area contributed by atoms with Crippen molar-refractivity contribution >= 4 is 15.9 Å². The molecule has 0 aromatic heterocycles. The van der Waals surface area contributed by atoms with E-state index in [1.54, 1.807) is 0 Å². The van der Waals surface area contributed by atoms with Gasteiger partial charge in [-0.05, 0) is 31.4 Å². The summed E-state index contributed by atoms with van der Waals surface area (Å²) in [6, 6.07) is 1.12. The SMILES string of the molecule is CN(C(=O)c1cc(F)cc(S(N)(=O)=O)c1F)C1CCC1. The van der Waals surface area contributed by atoms with Gasteiger partial charge in [0.25, 0.3) is 5.91 Å². The number of nitrogens with zero attached hydrogens (tertiary/aromatic N) is 1. The summed E-state index contributed by atoms with van der Waals surface area (Å²) in [6.45, 7) is 0. The minimum absolute atomic E-state index is 0.0249. The van der Waals surface area contributed by atoms with Crippen LogP contribution in [-0.4, -0.2) is 32.3 Å². The Labute approximate surface area is 115 Å². The van der Waals surface area contributed by atoms with E-state index in [0.717, 1.165) is 19.3 Å². The number of carbonyl (C=O) groups excluding carboxylic acids is 1. The topological polar surface area (TPSA) is 80.5 Å². The van der Waals surface area contributed by atoms with Crippen LogP contribution in [0, 0.1) is 11.6 Å². The van der Waals surface area contributed by atoms with Crippen LogP contribution in [0.2, 0.25) is 0 Å². The van der Waals surface area contributed by atoms with E-state index >= 15 is 0 Å². The molecule has 2 rings (SSSR count). The van der Waals surface area contributed by atoms with Crippen LogP contribution in [0.5, 0.6) is 0 Å². The molecule has 0 unspecified atom stereocenters. The quantitative estimate of drug-likeness (QED) is 0.912. The number of hydrogen-bond donors (Lipinski definition) is 1. The Morgan fingerprint density at radius 2 is 1.95 bits per heavy atom. The lowest BCUT2D eigenvalue weighted by Gasteiger charge is -2.34. The molecule has 0 saturated heterocycles. The molecule has 1 fully saturated rings. The minimum Gasteiger partial charge on any atom is -0.339 e. The van der Waals surface area contributed by atoms with Gasteiger partial charge in [0.2, 0.25) is 10.0 Å². The van der Waals surface area contributed by atoms with Crippen molar-refractivity contribution in [2.75, 3.05) is 7.05 Å². The van der Waals surface area contributed by atoms with Crippen molar-refractivity contribution in [2.45, 2.75) is 30.2 Å². The molecular formula is C12H14F2N2O3S. The molecule has 0 radical (unpaired) electrons. The number of hydrogen-bond acceptors (Lipinski definition) is 3. The maximum atomic E-state index is 14.1. The number of sulfonamides is 1. The van der Waals surface area contributed by atoms with Gasteiger partial charge in [0.15, 0.2) is 5.82 Å². The second-order valence-electron chi connectivity index (χ2n) is 4.81. The van der Waals surface area contributed by atoms with Crippen LogP contribution in [0.15, 0.2) is 17.0 Å². The Kier molecular flexibility index (Phi) is 3.79. The maximum absolute atomic E-state index is 14.1. The zero-order chi connectivity index (χ0) is 15.1. The van der Waals surface area contributed by atoms with Crippen LogP contribution in [0.4, 0.5) is 8.78 Å². The number of rotatable bonds is 3. The summed E-state index contributed by atoms with van der Waals surface area (Å²) in [4.78, 5) is 12.4. The summed E-state index contributed by atoms with van der Waals surface area (Å²) in [5, 5.41) is 4.81. The van der Waals surface area contributed by atoms with Crippen LogP contribution in [0.25, 0.3) is 0 Å². The third-order valence-corrected chi connectivity index (χ3v) is 4.39. The molecule has 8 heteroatoms. The largest absolute Gasteiger partial charge is 0.339 e. The third kappa shape index (κ3) is 2.66. The summed E-state index contributed by atoms with van der Waals surface area (Å²) in [5.41, 5.74) is -0.622. The first kappa shape index (κ1) is 14.9. The lowest BCUT2D eigenvalue weighted by Crippen LogP contribution is -2.41. The molecule has 1 saturated carbocycles. The van der Waals surface area contributed by atoms with Crippen molar-refractivity contribution in [3.05, 3.63) is 29.3 Å². The molecule has 20 heavy (non-hydrogen) atoms. The predicted octanol–water partition coefficient (Wildman–Crippen LogP) is 1.24.